The maximum atomic E-state index is 11.9. The lowest BCUT2D eigenvalue weighted by Crippen LogP contribution is -2.34. The topological polar surface area (TPSA) is 55.1 Å². The number of nitrogens with one attached hydrogen (secondary N) is 1. The third-order valence-electron chi connectivity index (χ3n) is 2.81. The summed E-state index contributed by atoms with van der Waals surface area (Å²) in [4.78, 5) is 13.2. The molecule has 2 rings (SSSR count). The number of carbonyl (C=O) groups is 1. The molecule has 1 heterocycles. The van der Waals surface area contributed by atoms with Gasteiger partial charge in [0, 0.05) is 23.0 Å². The quantitative estimate of drug-likeness (QED) is 0.823. The Balaban J connectivity index is 1.84. The van der Waals surface area contributed by atoms with Gasteiger partial charge in [0.05, 0.1) is 6.42 Å². The molecule has 100 valence electrons. The van der Waals surface area contributed by atoms with Gasteiger partial charge in [0.25, 0.3) is 0 Å². The first-order valence-corrected chi connectivity index (χ1v) is 7.17. The summed E-state index contributed by atoms with van der Waals surface area (Å²) in [6.45, 7) is 2.02. The lowest BCUT2D eigenvalue weighted by molar-refractivity contribution is -0.121. The average Bonchev–Trinajstić information content (AvgIpc) is 2.81. The molecular weight excluding hydrogens is 256 g/mol. The highest BCUT2D eigenvalue weighted by Gasteiger charge is 2.09. The third kappa shape index (κ3) is 4.41. The van der Waals surface area contributed by atoms with Gasteiger partial charge in [0.15, 0.2) is 0 Å². The Labute approximate surface area is 117 Å². The maximum Gasteiger partial charge on any atom is 0.224 e. The van der Waals surface area contributed by atoms with Crippen LogP contribution in [0.5, 0.6) is 0 Å². The molecule has 0 saturated heterocycles. The van der Waals surface area contributed by atoms with Gasteiger partial charge in [0.1, 0.15) is 0 Å². The zero-order chi connectivity index (χ0) is 13.7. The van der Waals surface area contributed by atoms with Crippen LogP contribution in [-0.4, -0.2) is 11.9 Å². The van der Waals surface area contributed by atoms with Crippen LogP contribution in [0, 0.1) is 0 Å². The molecule has 1 amide bonds. The van der Waals surface area contributed by atoms with Gasteiger partial charge in [-0.05, 0) is 36.1 Å². The molecule has 1 atom stereocenters. The van der Waals surface area contributed by atoms with Gasteiger partial charge in [0.2, 0.25) is 5.91 Å². The van der Waals surface area contributed by atoms with Crippen molar-refractivity contribution in [3.8, 4) is 0 Å². The first-order valence-electron chi connectivity index (χ1n) is 6.29. The number of amides is 1. The second-order valence-electron chi connectivity index (χ2n) is 4.67. The van der Waals surface area contributed by atoms with Crippen LogP contribution < -0.4 is 11.1 Å². The van der Waals surface area contributed by atoms with Gasteiger partial charge in [-0.3, -0.25) is 4.79 Å². The molecule has 0 fully saturated rings. The van der Waals surface area contributed by atoms with Gasteiger partial charge in [-0.25, -0.2) is 0 Å². The number of benzene rings is 1. The Morgan fingerprint density at radius 2 is 2.21 bits per heavy atom. The standard InChI is InChI=1S/C15H18N2OS/c1-11(8-14-6-3-7-19-14)17-15(18)10-12-4-2-5-13(16)9-12/h2-7,9,11H,8,10,16H2,1H3,(H,17,18). The number of hydrogen-bond donors (Lipinski definition) is 2. The second kappa shape index (κ2) is 6.38. The largest absolute Gasteiger partial charge is 0.399 e. The lowest BCUT2D eigenvalue weighted by Gasteiger charge is -2.13. The minimum Gasteiger partial charge on any atom is -0.399 e. The molecule has 0 bridgehead atoms. The zero-order valence-electron chi connectivity index (χ0n) is 10.9. The molecular formula is C15H18N2OS. The minimum absolute atomic E-state index is 0.0367. The summed E-state index contributed by atoms with van der Waals surface area (Å²) in [7, 11) is 0. The summed E-state index contributed by atoms with van der Waals surface area (Å²) in [6.07, 6.45) is 1.25. The summed E-state index contributed by atoms with van der Waals surface area (Å²) in [5, 5.41) is 5.07. The van der Waals surface area contributed by atoms with Crippen molar-refractivity contribution in [1.29, 1.82) is 0 Å². The molecule has 19 heavy (non-hydrogen) atoms. The van der Waals surface area contributed by atoms with Gasteiger partial charge < -0.3 is 11.1 Å². The van der Waals surface area contributed by atoms with E-state index in [0.29, 0.717) is 12.1 Å². The van der Waals surface area contributed by atoms with E-state index in [1.165, 1.54) is 4.88 Å². The van der Waals surface area contributed by atoms with Crippen molar-refractivity contribution < 1.29 is 4.79 Å². The molecule has 1 unspecified atom stereocenters. The van der Waals surface area contributed by atoms with E-state index >= 15 is 0 Å². The third-order valence-corrected chi connectivity index (χ3v) is 3.71. The van der Waals surface area contributed by atoms with Crippen molar-refractivity contribution in [1.82, 2.24) is 5.32 Å². The maximum absolute atomic E-state index is 11.9. The number of carbonyl (C=O) groups excluding carboxylic acids is 1. The Bertz CT molecular complexity index is 537. The predicted molar refractivity (Wildman–Crippen MR) is 80.2 cm³/mol. The average molecular weight is 274 g/mol. The predicted octanol–water partition coefficient (Wildman–Crippen LogP) is 2.62. The van der Waals surface area contributed by atoms with Gasteiger partial charge in [-0.1, -0.05) is 18.2 Å². The fourth-order valence-corrected chi connectivity index (χ4v) is 2.83. The van der Waals surface area contributed by atoms with Crippen LogP contribution in [0.2, 0.25) is 0 Å². The van der Waals surface area contributed by atoms with E-state index in [2.05, 4.69) is 16.8 Å². The van der Waals surface area contributed by atoms with Crippen LogP contribution >= 0.6 is 11.3 Å². The number of hydrogen-bond acceptors (Lipinski definition) is 3. The lowest BCUT2D eigenvalue weighted by atomic mass is 10.1. The fraction of sp³-hybridized carbons (Fsp3) is 0.267. The summed E-state index contributed by atoms with van der Waals surface area (Å²) < 4.78 is 0. The summed E-state index contributed by atoms with van der Waals surface area (Å²) in [5.41, 5.74) is 7.33. The molecule has 1 aromatic heterocycles. The van der Waals surface area contributed by atoms with Crippen LogP contribution in [0.3, 0.4) is 0 Å². The second-order valence-corrected chi connectivity index (χ2v) is 5.71. The van der Waals surface area contributed by atoms with E-state index in [-0.39, 0.29) is 11.9 Å². The first-order chi connectivity index (χ1) is 9.13. The van der Waals surface area contributed by atoms with Gasteiger partial charge in [-0.15, -0.1) is 11.3 Å². The van der Waals surface area contributed by atoms with Crippen molar-refractivity contribution in [2.24, 2.45) is 0 Å². The van der Waals surface area contributed by atoms with E-state index in [0.717, 1.165) is 12.0 Å². The number of rotatable bonds is 5. The zero-order valence-corrected chi connectivity index (χ0v) is 11.7. The van der Waals surface area contributed by atoms with Crippen molar-refractivity contribution in [3.05, 3.63) is 52.2 Å². The van der Waals surface area contributed by atoms with Crippen molar-refractivity contribution in [2.75, 3.05) is 5.73 Å². The number of anilines is 1. The molecule has 0 spiro atoms. The Morgan fingerprint density at radius 1 is 1.37 bits per heavy atom. The van der Waals surface area contributed by atoms with Crippen LogP contribution in [0.1, 0.15) is 17.4 Å². The molecule has 2 aromatic rings. The number of nitrogen functional groups attached to an aromatic ring is 1. The van der Waals surface area contributed by atoms with Crippen LogP contribution in [0.15, 0.2) is 41.8 Å². The Morgan fingerprint density at radius 3 is 2.89 bits per heavy atom. The molecule has 0 saturated carbocycles. The van der Waals surface area contributed by atoms with Crippen molar-refractivity contribution in [3.63, 3.8) is 0 Å². The molecule has 0 aliphatic rings. The highest BCUT2D eigenvalue weighted by molar-refractivity contribution is 7.09. The summed E-state index contributed by atoms with van der Waals surface area (Å²) >= 11 is 1.72. The Hall–Kier alpha value is -1.81. The Kier molecular flexibility index (Phi) is 4.58. The molecule has 0 radical (unpaired) electrons. The van der Waals surface area contributed by atoms with E-state index in [1.807, 2.05) is 37.3 Å². The number of thiophene rings is 1. The highest BCUT2D eigenvalue weighted by Crippen LogP contribution is 2.11. The summed E-state index contributed by atoms with van der Waals surface area (Å²) in [5.74, 6) is 0.0367. The molecule has 0 aliphatic heterocycles. The van der Waals surface area contributed by atoms with E-state index in [9.17, 15) is 4.79 Å². The molecule has 0 aliphatic carbocycles. The first kappa shape index (κ1) is 13.6. The van der Waals surface area contributed by atoms with Crippen LogP contribution in [0.4, 0.5) is 5.69 Å². The van der Waals surface area contributed by atoms with Gasteiger partial charge in [-0.2, -0.15) is 0 Å². The molecule has 3 nitrogen and oxygen atoms in total. The fourth-order valence-electron chi connectivity index (χ4n) is 2.00. The van der Waals surface area contributed by atoms with Crippen molar-refractivity contribution >= 4 is 22.9 Å². The van der Waals surface area contributed by atoms with Crippen LogP contribution in [-0.2, 0) is 17.6 Å². The van der Waals surface area contributed by atoms with Gasteiger partial charge >= 0.3 is 0 Å². The molecule has 4 heteroatoms. The summed E-state index contributed by atoms with van der Waals surface area (Å²) in [6, 6.07) is 11.7. The molecule has 3 N–H and O–H groups in total. The molecule has 1 aromatic carbocycles. The van der Waals surface area contributed by atoms with E-state index < -0.39 is 0 Å². The van der Waals surface area contributed by atoms with E-state index in [4.69, 9.17) is 5.73 Å². The normalized spacial score (nSPS) is 12.1. The highest BCUT2D eigenvalue weighted by atomic mass is 32.1. The van der Waals surface area contributed by atoms with Crippen LogP contribution in [0.25, 0.3) is 0 Å². The number of nitrogens with two attached hydrogens (primary N) is 1. The SMILES string of the molecule is CC(Cc1cccs1)NC(=O)Cc1cccc(N)c1. The minimum atomic E-state index is 0.0367. The van der Waals surface area contributed by atoms with Crippen molar-refractivity contribution in [2.45, 2.75) is 25.8 Å². The monoisotopic (exact) mass is 274 g/mol. The van der Waals surface area contributed by atoms with E-state index in [1.54, 1.807) is 11.3 Å². The smallest absolute Gasteiger partial charge is 0.224 e.